The molecule has 2 aromatic rings. The number of benzene rings is 1. The predicted molar refractivity (Wildman–Crippen MR) is 97.9 cm³/mol. The molecule has 1 amide bonds. The van der Waals surface area contributed by atoms with E-state index in [-0.39, 0.29) is 11.9 Å². The first kappa shape index (κ1) is 16.5. The van der Waals surface area contributed by atoms with Gasteiger partial charge in [0.15, 0.2) is 0 Å². The Bertz CT molecular complexity index is 798. The Morgan fingerprint density at radius 3 is 2.64 bits per heavy atom. The fourth-order valence-corrected chi connectivity index (χ4v) is 5.15. The van der Waals surface area contributed by atoms with Crippen LogP contribution >= 0.6 is 11.3 Å². The number of amides is 1. The molecule has 0 unspecified atom stereocenters. The van der Waals surface area contributed by atoms with Crippen molar-refractivity contribution in [2.45, 2.75) is 25.8 Å². The van der Waals surface area contributed by atoms with Crippen LogP contribution < -0.4 is 4.90 Å². The van der Waals surface area contributed by atoms with Gasteiger partial charge < -0.3 is 10.0 Å². The molecule has 2 bridgehead atoms. The van der Waals surface area contributed by atoms with Crippen molar-refractivity contribution >= 4 is 23.1 Å². The SMILES string of the molecule is Cc1ccsc1-c1cc(F)ccc1N(C(=O)O)[C@H]1CN2CCC1CC2. The summed E-state index contributed by atoms with van der Waals surface area (Å²) in [5.74, 6) is 0.0363. The fraction of sp³-hybridized carbons (Fsp3) is 0.421. The van der Waals surface area contributed by atoms with Gasteiger partial charge in [-0.15, -0.1) is 11.3 Å². The maximum atomic E-state index is 14.0. The largest absolute Gasteiger partial charge is 0.465 e. The number of anilines is 1. The van der Waals surface area contributed by atoms with E-state index < -0.39 is 6.09 Å². The van der Waals surface area contributed by atoms with Gasteiger partial charge in [-0.05, 0) is 74.0 Å². The minimum atomic E-state index is -0.958. The summed E-state index contributed by atoms with van der Waals surface area (Å²) in [4.78, 5) is 16.9. The van der Waals surface area contributed by atoms with Crippen LogP contribution in [0, 0.1) is 18.7 Å². The van der Waals surface area contributed by atoms with Crippen LogP contribution in [-0.4, -0.2) is 41.8 Å². The van der Waals surface area contributed by atoms with Gasteiger partial charge in [-0.25, -0.2) is 9.18 Å². The molecular formula is C19H21FN2O2S. The molecule has 132 valence electrons. The van der Waals surface area contributed by atoms with Gasteiger partial charge in [-0.1, -0.05) is 0 Å². The summed E-state index contributed by atoms with van der Waals surface area (Å²) >= 11 is 1.52. The highest BCUT2D eigenvalue weighted by atomic mass is 32.1. The molecule has 1 aromatic carbocycles. The van der Waals surface area contributed by atoms with Crippen molar-refractivity contribution < 1.29 is 14.3 Å². The van der Waals surface area contributed by atoms with Gasteiger partial charge in [0.2, 0.25) is 0 Å². The molecule has 6 heteroatoms. The molecule has 0 aliphatic carbocycles. The summed E-state index contributed by atoms with van der Waals surface area (Å²) in [5.41, 5.74) is 2.31. The fourth-order valence-electron chi connectivity index (χ4n) is 4.20. The molecule has 1 N–H and O–H groups in total. The molecule has 0 radical (unpaired) electrons. The maximum absolute atomic E-state index is 14.0. The van der Waals surface area contributed by atoms with Gasteiger partial charge >= 0.3 is 6.09 Å². The summed E-state index contributed by atoms with van der Waals surface area (Å²) in [7, 11) is 0. The summed E-state index contributed by atoms with van der Waals surface area (Å²) in [5, 5.41) is 11.9. The van der Waals surface area contributed by atoms with Crippen molar-refractivity contribution in [3.8, 4) is 10.4 Å². The molecule has 3 aliphatic rings. The summed E-state index contributed by atoms with van der Waals surface area (Å²) in [6.45, 7) is 4.83. The first-order valence-electron chi connectivity index (χ1n) is 8.63. The zero-order chi connectivity index (χ0) is 17.6. The van der Waals surface area contributed by atoms with Crippen molar-refractivity contribution in [3.05, 3.63) is 41.0 Å². The molecule has 3 saturated heterocycles. The van der Waals surface area contributed by atoms with Crippen LogP contribution in [0.1, 0.15) is 18.4 Å². The molecule has 0 spiro atoms. The number of halogens is 1. The van der Waals surface area contributed by atoms with Crippen LogP contribution in [0.25, 0.3) is 10.4 Å². The molecule has 1 aromatic heterocycles. The number of aryl methyl sites for hydroxylation is 1. The Morgan fingerprint density at radius 2 is 2.08 bits per heavy atom. The second-order valence-electron chi connectivity index (χ2n) is 6.95. The summed E-state index contributed by atoms with van der Waals surface area (Å²) in [6.07, 6.45) is 1.10. The lowest BCUT2D eigenvalue weighted by atomic mass is 9.83. The van der Waals surface area contributed by atoms with E-state index in [0.29, 0.717) is 17.2 Å². The standard InChI is InChI=1S/C19H21FN2O2S/c1-12-6-9-25-18(12)15-10-14(20)2-3-16(15)22(19(23)24)17-11-21-7-4-13(17)5-8-21/h2-3,6,9-10,13,17H,4-5,7-8,11H2,1H3,(H,23,24)/t17-/m0/s1. The van der Waals surface area contributed by atoms with Crippen molar-refractivity contribution in [1.82, 2.24) is 4.90 Å². The highest BCUT2D eigenvalue weighted by Crippen LogP contribution is 2.40. The maximum Gasteiger partial charge on any atom is 0.412 e. The number of carbonyl (C=O) groups is 1. The van der Waals surface area contributed by atoms with Crippen molar-refractivity contribution in [2.24, 2.45) is 5.92 Å². The number of hydrogen-bond donors (Lipinski definition) is 1. The minimum Gasteiger partial charge on any atom is -0.465 e. The first-order chi connectivity index (χ1) is 12.0. The van der Waals surface area contributed by atoms with Gasteiger partial charge in [0.05, 0.1) is 11.7 Å². The number of thiophene rings is 1. The second-order valence-corrected chi connectivity index (χ2v) is 7.87. The van der Waals surface area contributed by atoms with Crippen LogP contribution in [0.5, 0.6) is 0 Å². The lowest BCUT2D eigenvalue weighted by molar-refractivity contribution is 0.0838. The number of hydrogen-bond acceptors (Lipinski definition) is 3. The number of rotatable bonds is 3. The topological polar surface area (TPSA) is 43.8 Å². The van der Waals surface area contributed by atoms with E-state index in [1.807, 2.05) is 18.4 Å². The zero-order valence-electron chi connectivity index (χ0n) is 14.1. The third-order valence-electron chi connectivity index (χ3n) is 5.48. The number of carboxylic acid groups (broad SMARTS) is 1. The molecule has 3 fully saturated rings. The number of piperidine rings is 3. The first-order valence-corrected chi connectivity index (χ1v) is 9.51. The molecular weight excluding hydrogens is 339 g/mol. The van der Waals surface area contributed by atoms with E-state index in [0.717, 1.165) is 42.9 Å². The zero-order valence-corrected chi connectivity index (χ0v) is 14.9. The van der Waals surface area contributed by atoms with E-state index >= 15 is 0 Å². The quantitative estimate of drug-likeness (QED) is 0.880. The van der Waals surface area contributed by atoms with Crippen molar-refractivity contribution in [1.29, 1.82) is 0 Å². The van der Waals surface area contributed by atoms with Crippen molar-refractivity contribution in [2.75, 3.05) is 24.5 Å². The summed E-state index contributed by atoms with van der Waals surface area (Å²) < 4.78 is 14.0. The Kier molecular flexibility index (Phi) is 4.25. The van der Waals surface area contributed by atoms with Crippen LogP contribution in [0.3, 0.4) is 0 Å². The number of fused-ring (bicyclic) bond motifs is 3. The van der Waals surface area contributed by atoms with Crippen molar-refractivity contribution in [3.63, 3.8) is 0 Å². The van der Waals surface area contributed by atoms with Gasteiger partial charge in [-0.3, -0.25) is 4.90 Å². The minimum absolute atomic E-state index is 0.0653. The van der Waals surface area contributed by atoms with Crippen LogP contribution in [0.2, 0.25) is 0 Å². The predicted octanol–water partition coefficient (Wildman–Crippen LogP) is 4.44. The van der Waals surface area contributed by atoms with Gasteiger partial charge in [0.1, 0.15) is 5.82 Å². The van der Waals surface area contributed by atoms with Gasteiger partial charge in [0, 0.05) is 17.0 Å². The average molecular weight is 360 g/mol. The van der Waals surface area contributed by atoms with E-state index in [1.165, 1.54) is 28.4 Å². The highest BCUT2D eigenvalue weighted by Gasteiger charge is 2.40. The monoisotopic (exact) mass is 360 g/mol. The van der Waals surface area contributed by atoms with E-state index in [4.69, 9.17) is 0 Å². The third-order valence-corrected chi connectivity index (χ3v) is 6.53. The van der Waals surface area contributed by atoms with Crippen LogP contribution in [0.4, 0.5) is 14.9 Å². The molecule has 1 atom stereocenters. The smallest absolute Gasteiger partial charge is 0.412 e. The average Bonchev–Trinajstić information content (AvgIpc) is 3.03. The van der Waals surface area contributed by atoms with E-state index in [9.17, 15) is 14.3 Å². The van der Waals surface area contributed by atoms with E-state index in [2.05, 4.69) is 4.90 Å². The van der Waals surface area contributed by atoms with Gasteiger partial charge in [0.25, 0.3) is 0 Å². The molecule has 3 aliphatic heterocycles. The molecule has 4 nitrogen and oxygen atoms in total. The Balaban J connectivity index is 1.81. The van der Waals surface area contributed by atoms with E-state index in [1.54, 1.807) is 6.07 Å². The molecule has 5 rings (SSSR count). The Hall–Kier alpha value is -1.92. The third kappa shape index (κ3) is 2.93. The summed E-state index contributed by atoms with van der Waals surface area (Å²) in [6, 6.07) is 6.36. The normalized spacial score (nSPS) is 25.1. The molecule has 0 saturated carbocycles. The van der Waals surface area contributed by atoms with Crippen LogP contribution in [0.15, 0.2) is 29.6 Å². The van der Waals surface area contributed by atoms with Crippen LogP contribution in [-0.2, 0) is 0 Å². The lowest BCUT2D eigenvalue weighted by Gasteiger charge is -2.48. The lowest BCUT2D eigenvalue weighted by Crippen LogP contribution is -2.58. The number of nitrogens with zero attached hydrogens (tertiary/aromatic N) is 2. The van der Waals surface area contributed by atoms with Gasteiger partial charge in [-0.2, -0.15) is 0 Å². The molecule has 4 heterocycles. The Morgan fingerprint density at radius 1 is 1.32 bits per heavy atom. The Labute approximate surface area is 150 Å². The second kappa shape index (κ2) is 6.42. The molecule has 25 heavy (non-hydrogen) atoms. The highest BCUT2D eigenvalue weighted by molar-refractivity contribution is 7.13.